The summed E-state index contributed by atoms with van der Waals surface area (Å²) in [7, 11) is 0. The SMILES string of the molecule is Cc1nccc(N2CCOC(CCc3cc(=O)[nH]cn3)C2)n1. The number of anilines is 1. The molecule has 1 N–H and O–H groups in total. The summed E-state index contributed by atoms with van der Waals surface area (Å²) in [6.45, 7) is 4.19. The van der Waals surface area contributed by atoms with Crippen molar-refractivity contribution < 1.29 is 4.74 Å². The minimum atomic E-state index is -0.118. The summed E-state index contributed by atoms with van der Waals surface area (Å²) in [5.74, 6) is 1.71. The minimum absolute atomic E-state index is 0.116. The molecule has 1 fully saturated rings. The largest absolute Gasteiger partial charge is 0.375 e. The Hall–Kier alpha value is -2.28. The zero-order chi connectivity index (χ0) is 15.4. The molecule has 2 aromatic rings. The number of nitrogens with one attached hydrogen (secondary N) is 1. The van der Waals surface area contributed by atoms with E-state index in [-0.39, 0.29) is 11.7 Å². The second-order valence-corrected chi connectivity index (χ2v) is 5.34. The number of hydrogen-bond acceptors (Lipinski definition) is 6. The number of aromatic nitrogens is 4. The molecule has 0 aromatic carbocycles. The van der Waals surface area contributed by atoms with Gasteiger partial charge in [0.2, 0.25) is 0 Å². The summed E-state index contributed by atoms with van der Waals surface area (Å²) in [5.41, 5.74) is 0.676. The van der Waals surface area contributed by atoms with Crippen LogP contribution >= 0.6 is 0 Å². The van der Waals surface area contributed by atoms with Crippen molar-refractivity contribution in [2.24, 2.45) is 0 Å². The van der Waals surface area contributed by atoms with Crippen molar-refractivity contribution in [2.75, 3.05) is 24.6 Å². The molecule has 1 atom stereocenters. The Morgan fingerprint density at radius 2 is 2.36 bits per heavy atom. The molecule has 1 aliphatic rings. The highest BCUT2D eigenvalue weighted by atomic mass is 16.5. The molecule has 116 valence electrons. The maximum atomic E-state index is 11.3. The highest BCUT2D eigenvalue weighted by Crippen LogP contribution is 2.17. The van der Waals surface area contributed by atoms with Crippen molar-refractivity contribution >= 4 is 5.82 Å². The van der Waals surface area contributed by atoms with Crippen LogP contribution in [-0.2, 0) is 11.2 Å². The molecule has 1 unspecified atom stereocenters. The number of hydrogen-bond donors (Lipinski definition) is 1. The normalized spacial score (nSPS) is 18.4. The van der Waals surface area contributed by atoms with Crippen LogP contribution in [0.4, 0.5) is 5.82 Å². The van der Waals surface area contributed by atoms with Gasteiger partial charge in [-0.1, -0.05) is 0 Å². The maximum Gasteiger partial charge on any atom is 0.250 e. The van der Waals surface area contributed by atoms with E-state index in [4.69, 9.17) is 4.74 Å². The molecule has 1 saturated heterocycles. The molecular formula is C15H19N5O2. The van der Waals surface area contributed by atoms with Crippen molar-refractivity contribution in [1.29, 1.82) is 0 Å². The summed E-state index contributed by atoms with van der Waals surface area (Å²) >= 11 is 0. The van der Waals surface area contributed by atoms with Crippen LogP contribution in [0.3, 0.4) is 0 Å². The molecule has 3 heterocycles. The van der Waals surface area contributed by atoms with E-state index >= 15 is 0 Å². The van der Waals surface area contributed by atoms with E-state index in [1.165, 1.54) is 12.4 Å². The van der Waals surface area contributed by atoms with Gasteiger partial charge < -0.3 is 14.6 Å². The molecule has 1 aliphatic heterocycles. The first kappa shape index (κ1) is 14.6. The quantitative estimate of drug-likeness (QED) is 0.895. The van der Waals surface area contributed by atoms with Gasteiger partial charge in [-0.2, -0.15) is 0 Å². The van der Waals surface area contributed by atoms with E-state index in [2.05, 4.69) is 24.8 Å². The molecule has 3 rings (SSSR count). The summed E-state index contributed by atoms with van der Waals surface area (Å²) in [6, 6.07) is 3.46. The standard InChI is InChI=1S/C15H19N5O2/c1-11-16-5-4-14(19-11)20-6-7-22-13(9-20)3-2-12-8-15(21)18-10-17-12/h4-5,8,10,13H,2-3,6-7,9H2,1H3,(H,17,18,21). The fourth-order valence-electron chi connectivity index (χ4n) is 2.58. The van der Waals surface area contributed by atoms with Crippen LogP contribution in [0.25, 0.3) is 0 Å². The number of aryl methyl sites for hydroxylation is 2. The second kappa shape index (κ2) is 6.65. The van der Waals surface area contributed by atoms with Gasteiger partial charge in [0.15, 0.2) is 0 Å². The number of nitrogens with zero attached hydrogens (tertiary/aromatic N) is 4. The first-order valence-corrected chi connectivity index (χ1v) is 7.40. The fraction of sp³-hybridized carbons (Fsp3) is 0.467. The molecule has 0 aliphatic carbocycles. The van der Waals surface area contributed by atoms with Crippen molar-refractivity contribution in [3.05, 3.63) is 46.5 Å². The van der Waals surface area contributed by atoms with E-state index in [0.29, 0.717) is 6.61 Å². The van der Waals surface area contributed by atoms with E-state index in [1.54, 1.807) is 6.20 Å². The zero-order valence-electron chi connectivity index (χ0n) is 12.5. The van der Waals surface area contributed by atoms with Crippen molar-refractivity contribution in [3.8, 4) is 0 Å². The van der Waals surface area contributed by atoms with Gasteiger partial charge in [-0.05, 0) is 25.8 Å². The molecule has 0 amide bonds. The summed E-state index contributed by atoms with van der Waals surface area (Å²) in [4.78, 5) is 28.8. The van der Waals surface area contributed by atoms with Crippen LogP contribution in [0.1, 0.15) is 17.9 Å². The smallest absolute Gasteiger partial charge is 0.250 e. The van der Waals surface area contributed by atoms with Gasteiger partial charge in [-0.15, -0.1) is 0 Å². The van der Waals surface area contributed by atoms with Crippen molar-refractivity contribution in [1.82, 2.24) is 19.9 Å². The lowest BCUT2D eigenvalue weighted by atomic mass is 10.1. The molecule has 7 heteroatoms. The number of rotatable bonds is 4. The van der Waals surface area contributed by atoms with Crippen LogP contribution in [0, 0.1) is 6.92 Å². The van der Waals surface area contributed by atoms with Crippen LogP contribution in [-0.4, -0.2) is 45.7 Å². The third-order valence-corrected chi connectivity index (χ3v) is 3.68. The molecule has 0 saturated carbocycles. The Bertz CT molecular complexity index is 687. The van der Waals surface area contributed by atoms with Crippen molar-refractivity contribution in [3.63, 3.8) is 0 Å². The highest BCUT2D eigenvalue weighted by Gasteiger charge is 2.21. The molecule has 7 nitrogen and oxygen atoms in total. The third kappa shape index (κ3) is 3.67. The first-order chi connectivity index (χ1) is 10.7. The van der Waals surface area contributed by atoms with Crippen LogP contribution in [0.5, 0.6) is 0 Å². The Labute approximate surface area is 128 Å². The predicted octanol–water partition coefficient (Wildman–Crippen LogP) is 0.706. The van der Waals surface area contributed by atoms with Gasteiger partial charge in [-0.3, -0.25) is 4.79 Å². The van der Waals surface area contributed by atoms with E-state index in [1.807, 2.05) is 13.0 Å². The number of morpholine rings is 1. The average molecular weight is 301 g/mol. The predicted molar refractivity (Wildman–Crippen MR) is 81.9 cm³/mol. The van der Waals surface area contributed by atoms with E-state index < -0.39 is 0 Å². The minimum Gasteiger partial charge on any atom is -0.375 e. The van der Waals surface area contributed by atoms with Gasteiger partial charge in [0, 0.05) is 31.0 Å². The second-order valence-electron chi connectivity index (χ2n) is 5.34. The van der Waals surface area contributed by atoms with E-state index in [9.17, 15) is 4.79 Å². The lowest BCUT2D eigenvalue weighted by Crippen LogP contribution is -2.43. The summed E-state index contributed by atoms with van der Waals surface area (Å²) < 4.78 is 5.81. The number of H-pyrrole nitrogens is 1. The van der Waals surface area contributed by atoms with Crippen LogP contribution < -0.4 is 10.5 Å². The molecular weight excluding hydrogens is 282 g/mol. The summed E-state index contributed by atoms with van der Waals surface area (Å²) in [6.07, 6.45) is 4.89. The van der Waals surface area contributed by atoms with Crippen LogP contribution in [0.2, 0.25) is 0 Å². The number of ether oxygens (including phenoxy) is 1. The Kier molecular flexibility index (Phi) is 4.43. The van der Waals surface area contributed by atoms with Gasteiger partial charge in [-0.25, -0.2) is 15.0 Å². The average Bonchev–Trinajstić information content (AvgIpc) is 2.53. The lowest BCUT2D eigenvalue weighted by Gasteiger charge is -2.33. The highest BCUT2D eigenvalue weighted by molar-refractivity contribution is 5.38. The molecule has 0 bridgehead atoms. The van der Waals surface area contributed by atoms with Gasteiger partial charge in [0.25, 0.3) is 5.56 Å². The zero-order valence-corrected chi connectivity index (χ0v) is 12.5. The third-order valence-electron chi connectivity index (χ3n) is 3.68. The molecule has 2 aromatic heterocycles. The van der Waals surface area contributed by atoms with Gasteiger partial charge in [0.1, 0.15) is 11.6 Å². The first-order valence-electron chi connectivity index (χ1n) is 7.40. The van der Waals surface area contributed by atoms with Crippen LogP contribution in [0.15, 0.2) is 29.5 Å². The molecule has 0 spiro atoms. The molecule has 0 radical (unpaired) electrons. The van der Waals surface area contributed by atoms with Crippen molar-refractivity contribution in [2.45, 2.75) is 25.9 Å². The Balaban J connectivity index is 1.60. The van der Waals surface area contributed by atoms with Gasteiger partial charge in [0.05, 0.1) is 19.0 Å². The monoisotopic (exact) mass is 301 g/mol. The topological polar surface area (TPSA) is 84.0 Å². The Morgan fingerprint density at radius 1 is 1.45 bits per heavy atom. The van der Waals surface area contributed by atoms with E-state index in [0.717, 1.165) is 43.3 Å². The fourth-order valence-corrected chi connectivity index (χ4v) is 2.58. The number of aromatic amines is 1. The molecule has 22 heavy (non-hydrogen) atoms. The maximum absolute atomic E-state index is 11.3. The lowest BCUT2D eigenvalue weighted by molar-refractivity contribution is 0.0350. The Morgan fingerprint density at radius 3 is 3.18 bits per heavy atom. The van der Waals surface area contributed by atoms with Gasteiger partial charge >= 0.3 is 0 Å². The summed E-state index contributed by atoms with van der Waals surface area (Å²) in [5, 5.41) is 0.